The molecule has 3 rings (SSSR count). The van der Waals surface area contributed by atoms with Gasteiger partial charge in [-0.15, -0.1) is 23.2 Å². The third-order valence-electron chi connectivity index (χ3n) is 6.14. The molecule has 2 unspecified atom stereocenters. The first kappa shape index (κ1) is 22.9. The van der Waals surface area contributed by atoms with Crippen LogP contribution >= 0.6 is 34.7 Å². The highest BCUT2D eigenvalue weighted by Crippen LogP contribution is 2.71. The Morgan fingerprint density at radius 2 is 2.00 bits per heavy atom. The van der Waals surface area contributed by atoms with E-state index in [1.165, 1.54) is 11.5 Å². The van der Waals surface area contributed by atoms with Crippen LogP contribution < -0.4 is 4.74 Å². The number of alkyl halides is 2. The van der Waals surface area contributed by atoms with E-state index in [0.29, 0.717) is 28.5 Å². The lowest BCUT2D eigenvalue weighted by molar-refractivity contribution is 0.488. The summed E-state index contributed by atoms with van der Waals surface area (Å²) in [5.41, 5.74) is 3.34. The zero-order valence-electron chi connectivity index (χ0n) is 18.1. The molecular formula is C22H26Cl2N4OS. The molecule has 0 aliphatic heterocycles. The highest BCUT2D eigenvalue weighted by Gasteiger charge is 2.75. The van der Waals surface area contributed by atoms with Crippen LogP contribution in [-0.4, -0.2) is 33.5 Å². The van der Waals surface area contributed by atoms with Crippen molar-refractivity contribution in [2.75, 3.05) is 13.6 Å². The minimum atomic E-state index is -0.920. The fraction of sp³-hybridized carbons (Fsp3) is 0.500. The van der Waals surface area contributed by atoms with E-state index in [1.807, 2.05) is 58.1 Å². The number of hydrogen-bond donors (Lipinski definition) is 0. The highest BCUT2D eigenvalue weighted by molar-refractivity contribution is 7.08. The van der Waals surface area contributed by atoms with Crippen LogP contribution in [0.4, 0.5) is 5.69 Å². The fourth-order valence-corrected chi connectivity index (χ4v) is 5.65. The number of aromatic nitrogens is 1. The predicted molar refractivity (Wildman–Crippen MR) is 125 cm³/mol. The van der Waals surface area contributed by atoms with Gasteiger partial charge in [0, 0.05) is 31.0 Å². The fourth-order valence-electron chi connectivity index (χ4n) is 3.83. The molecule has 2 aromatic rings. The first-order valence-electron chi connectivity index (χ1n) is 9.95. The van der Waals surface area contributed by atoms with Gasteiger partial charge in [-0.05, 0) is 50.5 Å². The van der Waals surface area contributed by atoms with Crippen LogP contribution in [0.1, 0.15) is 49.6 Å². The predicted octanol–water partition coefficient (Wildman–Crippen LogP) is 6.51. The first-order chi connectivity index (χ1) is 14.1. The lowest BCUT2D eigenvalue weighted by Gasteiger charge is -2.14. The number of benzene rings is 1. The lowest BCUT2D eigenvalue weighted by Crippen LogP contribution is -2.16. The summed E-state index contributed by atoms with van der Waals surface area (Å²) in [6.07, 6.45) is 2.52. The topological polar surface area (TPSA) is 61.5 Å². The second-order valence-corrected chi connectivity index (χ2v) is 9.92. The average molecular weight is 465 g/mol. The minimum absolute atomic E-state index is 0.0164. The second kappa shape index (κ2) is 8.37. The third kappa shape index (κ3) is 3.57. The Morgan fingerprint density at radius 1 is 1.33 bits per heavy atom. The minimum Gasteiger partial charge on any atom is -0.443 e. The van der Waals surface area contributed by atoms with E-state index >= 15 is 0 Å². The smallest absolute Gasteiger partial charge is 0.218 e. The summed E-state index contributed by atoms with van der Waals surface area (Å²) in [4.78, 5) is 6.56. The molecule has 0 saturated heterocycles. The maximum absolute atomic E-state index is 9.85. The summed E-state index contributed by atoms with van der Waals surface area (Å²) in [5, 5.41) is 10.3. The van der Waals surface area contributed by atoms with Crippen molar-refractivity contribution < 1.29 is 4.74 Å². The Kier molecular flexibility index (Phi) is 6.38. The molecule has 2 atom stereocenters. The molecule has 0 spiro atoms. The molecule has 0 amide bonds. The Balaban J connectivity index is 1.93. The van der Waals surface area contributed by atoms with Gasteiger partial charge < -0.3 is 9.64 Å². The molecule has 1 saturated carbocycles. The number of aliphatic imine (C=N–C) groups is 1. The van der Waals surface area contributed by atoms with Gasteiger partial charge in [-0.25, -0.2) is 4.99 Å². The lowest BCUT2D eigenvalue weighted by atomic mass is 9.93. The van der Waals surface area contributed by atoms with Crippen molar-refractivity contribution in [3.05, 3.63) is 34.5 Å². The summed E-state index contributed by atoms with van der Waals surface area (Å²) < 4.78 is 9.79. The molecule has 1 aromatic carbocycles. The van der Waals surface area contributed by atoms with Crippen molar-refractivity contribution in [1.29, 1.82) is 5.26 Å². The van der Waals surface area contributed by atoms with E-state index in [1.54, 1.807) is 0 Å². The summed E-state index contributed by atoms with van der Waals surface area (Å²) >= 11 is 14.2. The van der Waals surface area contributed by atoms with E-state index in [0.717, 1.165) is 23.4 Å². The van der Waals surface area contributed by atoms with E-state index in [2.05, 4.69) is 22.4 Å². The van der Waals surface area contributed by atoms with Crippen LogP contribution in [0, 0.1) is 31.1 Å². The zero-order valence-corrected chi connectivity index (χ0v) is 20.4. The molecule has 8 heteroatoms. The molecule has 0 bridgehead atoms. The highest BCUT2D eigenvalue weighted by atomic mass is 35.5. The Bertz CT molecular complexity index is 1030. The molecule has 5 nitrogen and oxygen atoms in total. The van der Waals surface area contributed by atoms with Gasteiger partial charge in [0.15, 0.2) is 0 Å². The van der Waals surface area contributed by atoms with Crippen molar-refractivity contribution in [2.24, 2.45) is 10.9 Å². The Labute approximate surface area is 192 Å². The molecule has 30 heavy (non-hydrogen) atoms. The van der Waals surface area contributed by atoms with Gasteiger partial charge in [-0.3, -0.25) is 0 Å². The van der Waals surface area contributed by atoms with Gasteiger partial charge in [-0.1, -0.05) is 13.8 Å². The number of halogens is 2. The van der Waals surface area contributed by atoms with E-state index in [-0.39, 0.29) is 5.92 Å². The summed E-state index contributed by atoms with van der Waals surface area (Å²) in [6.45, 7) is 10.9. The number of aryl methyl sites for hydroxylation is 2. The van der Waals surface area contributed by atoms with Gasteiger partial charge in [0.2, 0.25) is 5.06 Å². The normalized spacial score (nSPS) is 22.2. The van der Waals surface area contributed by atoms with E-state index < -0.39 is 9.75 Å². The van der Waals surface area contributed by atoms with Crippen LogP contribution in [0.25, 0.3) is 0 Å². The summed E-state index contributed by atoms with van der Waals surface area (Å²) in [6, 6.07) is 6.19. The number of nitrogens with zero attached hydrogens (tertiary/aromatic N) is 4. The standard InChI is InChI=1S/C22H26Cl2N4OS/c1-7-21(15(5)22(21,23)24)19-16(11-25)20(30-27-19)29-18-10-13(3)17(9-14(18)4)26-12-28(6)8-2/h9-10,12,15H,7-8H2,1-6H3. The van der Waals surface area contributed by atoms with Gasteiger partial charge in [0.1, 0.15) is 21.7 Å². The number of hydrogen-bond acceptors (Lipinski definition) is 5. The van der Waals surface area contributed by atoms with Crippen LogP contribution in [0.15, 0.2) is 17.1 Å². The van der Waals surface area contributed by atoms with Gasteiger partial charge >= 0.3 is 0 Å². The molecule has 0 N–H and O–H groups in total. The SMILES string of the molecule is CCN(C)C=Nc1cc(C)c(Oc2snc(C3(CC)C(C)C3(Cl)Cl)c2C#N)cc1C. The van der Waals surface area contributed by atoms with Crippen molar-refractivity contribution in [3.8, 4) is 16.9 Å². The van der Waals surface area contributed by atoms with Gasteiger partial charge in [0.25, 0.3) is 0 Å². The molecule has 1 aliphatic carbocycles. The molecule has 1 fully saturated rings. The largest absolute Gasteiger partial charge is 0.443 e. The van der Waals surface area contributed by atoms with Crippen molar-refractivity contribution >= 4 is 46.8 Å². The third-order valence-corrected chi connectivity index (χ3v) is 8.19. The molecule has 160 valence electrons. The molecule has 0 radical (unpaired) electrons. The van der Waals surface area contributed by atoms with Crippen LogP contribution in [0.3, 0.4) is 0 Å². The molecule has 1 heterocycles. The van der Waals surface area contributed by atoms with Crippen LogP contribution in [0.5, 0.6) is 10.8 Å². The monoisotopic (exact) mass is 464 g/mol. The summed E-state index contributed by atoms with van der Waals surface area (Å²) in [7, 11) is 1.98. The molecule has 1 aliphatic rings. The zero-order chi connectivity index (χ0) is 22.3. The molecule has 1 aromatic heterocycles. The van der Waals surface area contributed by atoms with Crippen molar-refractivity contribution in [1.82, 2.24) is 9.27 Å². The first-order valence-corrected chi connectivity index (χ1v) is 11.5. The van der Waals surface area contributed by atoms with E-state index in [4.69, 9.17) is 27.9 Å². The maximum Gasteiger partial charge on any atom is 0.218 e. The molecular weight excluding hydrogens is 439 g/mol. The number of ether oxygens (including phenoxy) is 1. The van der Waals surface area contributed by atoms with Crippen LogP contribution in [-0.2, 0) is 5.41 Å². The van der Waals surface area contributed by atoms with Gasteiger partial charge in [0.05, 0.1) is 23.1 Å². The average Bonchev–Trinajstić information content (AvgIpc) is 2.99. The maximum atomic E-state index is 9.85. The second-order valence-electron chi connectivity index (χ2n) is 7.80. The van der Waals surface area contributed by atoms with Gasteiger partial charge in [-0.2, -0.15) is 9.64 Å². The van der Waals surface area contributed by atoms with E-state index in [9.17, 15) is 5.26 Å². The van der Waals surface area contributed by atoms with Crippen LogP contribution in [0.2, 0.25) is 0 Å². The number of nitriles is 1. The number of rotatable bonds is 7. The van der Waals surface area contributed by atoms with Crippen molar-refractivity contribution in [2.45, 2.75) is 50.8 Å². The Morgan fingerprint density at radius 3 is 2.53 bits per heavy atom. The Hall–Kier alpha value is -1.81. The quantitative estimate of drug-likeness (QED) is 0.266. The van der Waals surface area contributed by atoms with Crippen molar-refractivity contribution in [3.63, 3.8) is 0 Å². The summed E-state index contributed by atoms with van der Waals surface area (Å²) in [5.74, 6) is 0.696.